The summed E-state index contributed by atoms with van der Waals surface area (Å²) in [5, 5.41) is 3.60. The zero-order valence-electron chi connectivity index (χ0n) is 16.1. The quantitative estimate of drug-likeness (QED) is 0.704. The Balaban J connectivity index is 1.67. The number of imide groups is 1. The molecule has 0 unspecified atom stereocenters. The van der Waals surface area contributed by atoms with E-state index in [1.807, 2.05) is 13.0 Å². The summed E-state index contributed by atoms with van der Waals surface area (Å²) in [6, 6.07) is 11.1. The number of amides is 4. The molecule has 0 bridgehead atoms. The number of hydrazine groups is 1. The van der Waals surface area contributed by atoms with Gasteiger partial charge < -0.3 is 14.8 Å². The SMILES string of the molecule is COc1ccc([C@@]2(C)NC(=O)N(NC(=O)COc3cc(C)ccc3Cl)C2=O)cc1. The molecule has 0 spiro atoms. The monoisotopic (exact) mass is 417 g/mol. The van der Waals surface area contributed by atoms with Gasteiger partial charge in [-0.2, -0.15) is 5.01 Å². The van der Waals surface area contributed by atoms with Crippen molar-refractivity contribution in [1.29, 1.82) is 0 Å². The molecule has 152 valence electrons. The third-order valence-corrected chi connectivity index (χ3v) is 4.85. The molecular formula is C20H20ClN3O5. The van der Waals surface area contributed by atoms with Crippen LogP contribution in [0.25, 0.3) is 0 Å². The van der Waals surface area contributed by atoms with Gasteiger partial charge in [0.2, 0.25) is 0 Å². The van der Waals surface area contributed by atoms with Crippen LogP contribution in [0.2, 0.25) is 5.02 Å². The van der Waals surface area contributed by atoms with E-state index >= 15 is 0 Å². The van der Waals surface area contributed by atoms with Crippen molar-refractivity contribution in [3.63, 3.8) is 0 Å². The zero-order valence-corrected chi connectivity index (χ0v) is 16.9. The van der Waals surface area contributed by atoms with Crippen molar-refractivity contribution in [2.75, 3.05) is 13.7 Å². The maximum atomic E-state index is 12.8. The Morgan fingerprint density at radius 2 is 1.90 bits per heavy atom. The van der Waals surface area contributed by atoms with Crippen LogP contribution < -0.4 is 20.2 Å². The molecule has 0 radical (unpaired) electrons. The molecule has 1 atom stereocenters. The molecule has 29 heavy (non-hydrogen) atoms. The summed E-state index contributed by atoms with van der Waals surface area (Å²) in [6.45, 7) is 3.00. The van der Waals surface area contributed by atoms with Gasteiger partial charge in [-0.05, 0) is 49.2 Å². The van der Waals surface area contributed by atoms with E-state index in [0.717, 1.165) is 5.56 Å². The normalized spacial score (nSPS) is 18.4. The summed E-state index contributed by atoms with van der Waals surface area (Å²) >= 11 is 6.03. The van der Waals surface area contributed by atoms with Gasteiger partial charge in [-0.25, -0.2) is 4.79 Å². The second-order valence-corrected chi connectivity index (χ2v) is 7.09. The number of carbonyl (C=O) groups is 3. The first kappa shape index (κ1) is 20.5. The number of ether oxygens (including phenoxy) is 2. The van der Waals surface area contributed by atoms with E-state index in [1.54, 1.807) is 43.3 Å². The highest BCUT2D eigenvalue weighted by Gasteiger charge is 2.50. The number of aryl methyl sites for hydroxylation is 1. The molecule has 2 aromatic rings. The number of nitrogens with zero attached hydrogens (tertiary/aromatic N) is 1. The van der Waals surface area contributed by atoms with Crippen molar-refractivity contribution in [2.45, 2.75) is 19.4 Å². The van der Waals surface area contributed by atoms with Gasteiger partial charge in [-0.3, -0.25) is 15.0 Å². The number of carbonyl (C=O) groups excluding carboxylic acids is 3. The second-order valence-electron chi connectivity index (χ2n) is 6.68. The summed E-state index contributed by atoms with van der Waals surface area (Å²) in [5.74, 6) is -0.340. The highest BCUT2D eigenvalue weighted by molar-refractivity contribution is 6.32. The van der Waals surface area contributed by atoms with Crippen molar-refractivity contribution in [2.24, 2.45) is 0 Å². The van der Waals surface area contributed by atoms with Crippen LogP contribution >= 0.6 is 11.6 Å². The Morgan fingerprint density at radius 3 is 2.55 bits per heavy atom. The van der Waals surface area contributed by atoms with E-state index in [1.165, 1.54) is 7.11 Å². The van der Waals surface area contributed by atoms with Gasteiger partial charge in [0.05, 0.1) is 12.1 Å². The number of urea groups is 1. The van der Waals surface area contributed by atoms with Crippen LogP contribution in [0.4, 0.5) is 4.79 Å². The van der Waals surface area contributed by atoms with Crippen LogP contribution in [0.15, 0.2) is 42.5 Å². The second kappa shape index (κ2) is 8.00. The largest absolute Gasteiger partial charge is 0.497 e. The van der Waals surface area contributed by atoms with Crippen molar-refractivity contribution in [3.05, 3.63) is 58.6 Å². The topological polar surface area (TPSA) is 97.0 Å². The van der Waals surface area contributed by atoms with Gasteiger partial charge in [0.25, 0.3) is 11.8 Å². The summed E-state index contributed by atoms with van der Waals surface area (Å²) < 4.78 is 10.5. The Kier molecular flexibility index (Phi) is 5.65. The first-order valence-corrected chi connectivity index (χ1v) is 9.12. The Labute approximate surface area is 172 Å². The lowest BCUT2D eigenvalue weighted by Gasteiger charge is -2.22. The minimum Gasteiger partial charge on any atom is -0.497 e. The molecule has 8 nitrogen and oxygen atoms in total. The van der Waals surface area contributed by atoms with Gasteiger partial charge in [0, 0.05) is 0 Å². The smallest absolute Gasteiger partial charge is 0.344 e. The molecular weight excluding hydrogens is 398 g/mol. The summed E-state index contributed by atoms with van der Waals surface area (Å²) in [5.41, 5.74) is 2.41. The van der Waals surface area contributed by atoms with Crippen molar-refractivity contribution in [1.82, 2.24) is 15.8 Å². The minimum absolute atomic E-state index is 0.335. The summed E-state index contributed by atoms with van der Waals surface area (Å²) in [6.07, 6.45) is 0. The third-order valence-electron chi connectivity index (χ3n) is 4.54. The van der Waals surface area contributed by atoms with E-state index in [2.05, 4.69) is 10.7 Å². The molecule has 0 aliphatic carbocycles. The molecule has 4 amide bonds. The van der Waals surface area contributed by atoms with Crippen LogP contribution in [0.1, 0.15) is 18.1 Å². The number of benzene rings is 2. The van der Waals surface area contributed by atoms with Crippen LogP contribution in [0.3, 0.4) is 0 Å². The molecule has 9 heteroatoms. The maximum Gasteiger partial charge on any atom is 0.344 e. The van der Waals surface area contributed by atoms with E-state index in [9.17, 15) is 14.4 Å². The molecule has 1 fully saturated rings. The maximum absolute atomic E-state index is 12.8. The van der Waals surface area contributed by atoms with Gasteiger partial charge in [-0.15, -0.1) is 0 Å². The predicted octanol–water partition coefficient (Wildman–Crippen LogP) is 2.53. The highest BCUT2D eigenvalue weighted by atomic mass is 35.5. The van der Waals surface area contributed by atoms with Gasteiger partial charge in [0.15, 0.2) is 6.61 Å². The Bertz CT molecular complexity index is 963. The molecule has 1 saturated heterocycles. The van der Waals surface area contributed by atoms with Crippen LogP contribution in [-0.2, 0) is 15.1 Å². The first-order valence-electron chi connectivity index (χ1n) is 8.74. The fourth-order valence-electron chi connectivity index (χ4n) is 2.88. The van der Waals surface area contributed by atoms with E-state index in [-0.39, 0.29) is 0 Å². The predicted molar refractivity (Wildman–Crippen MR) is 106 cm³/mol. The number of nitrogens with one attached hydrogen (secondary N) is 2. The number of hydrogen-bond donors (Lipinski definition) is 2. The molecule has 1 aliphatic heterocycles. The van der Waals surface area contributed by atoms with Crippen molar-refractivity contribution >= 4 is 29.4 Å². The highest BCUT2D eigenvalue weighted by Crippen LogP contribution is 2.29. The number of methoxy groups -OCH3 is 1. The molecule has 3 rings (SSSR count). The third kappa shape index (κ3) is 4.12. The molecule has 2 N–H and O–H groups in total. The van der Waals surface area contributed by atoms with Crippen molar-refractivity contribution in [3.8, 4) is 11.5 Å². The van der Waals surface area contributed by atoms with Crippen molar-refractivity contribution < 1.29 is 23.9 Å². The van der Waals surface area contributed by atoms with E-state index in [4.69, 9.17) is 21.1 Å². The van der Waals surface area contributed by atoms with E-state index < -0.39 is 30.0 Å². The average Bonchev–Trinajstić information content (AvgIpc) is 2.92. The number of rotatable bonds is 6. The minimum atomic E-state index is -1.32. The summed E-state index contributed by atoms with van der Waals surface area (Å²) in [4.78, 5) is 37.4. The average molecular weight is 418 g/mol. The van der Waals surface area contributed by atoms with E-state index in [0.29, 0.717) is 27.1 Å². The molecule has 1 aliphatic rings. The van der Waals surface area contributed by atoms with Gasteiger partial charge in [-0.1, -0.05) is 29.8 Å². The summed E-state index contributed by atoms with van der Waals surface area (Å²) in [7, 11) is 1.53. The Hall–Kier alpha value is -3.26. The van der Waals surface area contributed by atoms with Crippen LogP contribution in [0.5, 0.6) is 11.5 Å². The lowest BCUT2D eigenvalue weighted by molar-refractivity contribution is -0.139. The molecule has 2 aromatic carbocycles. The molecule has 0 saturated carbocycles. The number of hydrogen-bond acceptors (Lipinski definition) is 5. The molecule has 0 aromatic heterocycles. The molecule has 1 heterocycles. The lowest BCUT2D eigenvalue weighted by Crippen LogP contribution is -2.49. The van der Waals surface area contributed by atoms with Crippen LogP contribution in [-0.4, -0.2) is 36.6 Å². The number of halogens is 1. The van der Waals surface area contributed by atoms with Crippen LogP contribution in [0, 0.1) is 6.92 Å². The first-order chi connectivity index (χ1) is 13.7. The van der Waals surface area contributed by atoms with Gasteiger partial charge >= 0.3 is 6.03 Å². The standard InChI is InChI=1S/C20H20ClN3O5/c1-12-4-9-15(21)16(10-12)29-11-17(25)23-24-18(26)20(2,22-19(24)27)13-5-7-14(28-3)8-6-13/h4-10H,11H2,1-3H3,(H,22,27)(H,23,25)/t20-/m1/s1. The fourth-order valence-corrected chi connectivity index (χ4v) is 3.05. The fraction of sp³-hybridized carbons (Fsp3) is 0.250. The lowest BCUT2D eigenvalue weighted by atomic mass is 9.92. The Morgan fingerprint density at radius 1 is 1.21 bits per heavy atom. The zero-order chi connectivity index (χ0) is 21.2. The van der Waals surface area contributed by atoms with Gasteiger partial charge in [0.1, 0.15) is 17.0 Å².